The van der Waals surface area contributed by atoms with Crippen LogP contribution in [0.3, 0.4) is 0 Å². The number of rotatable bonds is 5. The van der Waals surface area contributed by atoms with Crippen LogP contribution in [0.25, 0.3) is 0 Å². The van der Waals surface area contributed by atoms with Gasteiger partial charge in [0.25, 0.3) is 0 Å². The zero-order valence-electron chi connectivity index (χ0n) is 11.1. The first-order chi connectivity index (χ1) is 9.84. The highest BCUT2D eigenvalue weighted by atomic mass is 19.4. The maximum Gasteiger partial charge on any atom is 0.401 e. The van der Waals surface area contributed by atoms with Gasteiger partial charge >= 0.3 is 6.18 Å². The Bertz CT molecular complexity index is 520. The van der Waals surface area contributed by atoms with E-state index in [0.29, 0.717) is 5.56 Å². The van der Waals surface area contributed by atoms with Gasteiger partial charge in [-0.15, -0.1) is 0 Å². The van der Waals surface area contributed by atoms with Crippen molar-refractivity contribution in [2.45, 2.75) is 12.7 Å². The van der Waals surface area contributed by atoms with Crippen LogP contribution in [-0.2, 0) is 6.54 Å². The molecule has 3 nitrogen and oxygen atoms in total. The molecule has 0 radical (unpaired) electrons. The fourth-order valence-corrected chi connectivity index (χ4v) is 1.82. The first kappa shape index (κ1) is 17.4. The summed E-state index contributed by atoms with van der Waals surface area (Å²) in [6, 6.07) is 3.70. The number of nitrogens with zero attached hydrogens (tertiary/aromatic N) is 1. The van der Waals surface area contributed by atoms with Gasteiger partial charge in [-0.3, -0.25) is 4.90 Å². The Morgan fingerprint density at radius 2 is 1.86 bits per heavy atom. The third-order valence-electron chi connectivity index (χ3n) is 2.49. The molecule has 0 atom stereocenters. The normalized spacial score (nSPS) is 11.4. The molecule has 0 heterocycles. The van der Waals surface area contributed by atoms with Gasteiger partial charge in [-0.2, -0.15) is 13.2 Å². The van der Waals surface area contributed by atoms with Crippen LogP contribution < -0.4 is 0 Å². The first-order valence-electron chi connectivity index (χ1n) is 6.13. The van der Waals surface area contributed by atoms with E-state index < -0.39 is 31.8 Å². The Morgan fingerprint density at radius 1 is 1.14 bits per heavy atom. The fraction of sp³-hybridized carbons (Fsp3) is 0.429. The first-order valence-corrected chi connectivity index (χ1v) is 6.13. The van der Waals surface area contributed by atoms with Crippen LogP contribution in [0.2, 0.25) is 0 Å². The van der Waals surface area contributed by atoms with Crippen molar-refractivity contribution < 1.29 is 27.8 Å². The number of hydrogen-bond acceptors (Lipinski definition) is 3. The zero-order chi connectivity index (χ0) is 15.9. The second kappa shape index (κ2) is 7.98. The van der Waals surface area contributed by atoms with Gasteiger partial charge in [0, 0.05) is 18.7 Å². The Balaban J connectivity index is 2.90. The summed E-state index contributed by atoms with van der Waals surface area (Å²) < 4.78 is 50.6. The van der Waals surface area contributed by atoms with Gasteiger partial charge < -0.3 is 10.2 Å². The van der Waals surface area contributed by atoms with Gasteiger partial charge in [0.1, 0.15) is 12.4 Å². The minimum Gasteiger partial charge on any atom is -0.395 e. The molecule has 0 saturated carbocycles. The minimum atomic E-state index is -4.40. The molecule has 0 unspecified atom stereocenters. The smallest absolute Gasteiger partial charge is 0.395 e. The van der Waals surface area contributed by atoms with Gasteiger partial charge in [-0.25, -0.2) is 4.39 Å². The summed E-state index contributed by atoms with van der Waals surface area (Å²) in [4.78, 5) is 0.970. The van der Waals surface area contributed by atoms with E-state index in [1.807, 2.05) is 0 Å². The number of hydrogen-bond donors (Lipinski definition) is 2. The maximum absolute atomic E-state index is 13.4. The van der Waals surface area contributed by atoms with E-state index in [2.05, 4.69) is 11.8 Å². The summed E-state index contributed by atoms with van der Waals surface area (Å²) in [7, 11) is 0. The average Bonchev–Trinajstić information content (AvgIpc) is 2.34. The van der Waals surface area contributed by atoms with Crippen molar-refractivity contribution in [3.63, 3.8) is 0 Å². The lowest BCUT2D eigenvalue weighted by atomic mass is 10.1. The van der Waals surface area contributed by atoms with E-state index in [4.69, 9.17) is 10.2 Å². The van der Waals surface area contributed by atoms with Crippen molar-refractivity contribution in [2.24, 2.45) is 0 Å². The molecule has 7 heteroatoms. The number of aliphatic hydroxyl groups is 2. The van der Waals surface area contributed by atoms with Gasteiger partial charge in [-0.1, -0.05) is 11.8 Å². The topological polar surface area (TPSA) is 43.7 Å². The number of benzene rings is 1. The summed E-state index contributed by atoms with van der Waals surface area (Å²) in [5.41, 5.74) is 0.588. The van der Waals surface area contributed by atoms with Crippen LogP contribution in [0.15, 0.2) is 18.2 Å². The molecule has 1 rings (SSSR count). The lowest BCUT2D eigenvalue weighted by Gasteiger charge is -2.22. The molecule has 0 amide bonds. The van der Waals surface area contributed by atoms with E-state index in [9.17, 15) is 17.6 Å². The predicted octanol–water partition coefficient (Wildman–Crippen LogP) is 1.53. The lowest BCUT2D eigenvalue weighted by molar-refractivity contribution is -0.147. The van der Waals surface area contributed by atoms with Crippen LogP contribution in [0, 0.1) is 17.7 Å². The molecule has 0 saturated heterocycles. The Kier molecular flexibility index (Phi) is 6.62. The van der Waals surface area contributed by atoms with Crippen molar-refractivity contribution >= 4 is 0 Å². The Morgan fingerprint density at radius 3 is 2.43 bits per heavy atom. The van der Waals surface area contributed by atoms with Crippen molar-refractivity contribution in [3.05, 3.63) is 35.1 Å². The SMILES string of the molecule is OCC#Cc1cc(F)cc(CN(CCO)CC(F)(F)F)c1. The molecule has 0 bridgehead atoms. The fourth-order valence-electron chi connectivity index (χ4n) is 1.82. The second-order valence-corrected chi connectivity index (χ2v) is 4.36. The van der Waals surface area contributed by atoms with Crippen LogP contribution in [-0.4, -0.2) is 47.6 Å². The minimum absolute atomic E-state index is 0.161. The van der Waals surface area contributed by atoms with E-state index in [-0.39, 0.29) is 18.7 Å². The molecular weight excluding hydrogens is 290 g/mol. The average molecular weight is 305 g/mol. The maximum atomic E-state index is 13.4. The molecule has 0 aliphatic heterocycles. The van der Waals surface area contributed by atoms with Crippen molar-refractivity contribution in [1.29, 1.82) is 0 Å². The number of aliphatic hydroxyl groups excluding tert-OH is 2. The molecule has 2 N–H and O–H groups in total. The quantitative estimate of drug-likeness (QED) is 0.640. The third-order valence-corrected chi connectivity index (χ3v) is 2.49. The van der Waals surface area contributed by atoms with Crippen LogP contribution in [0.4, 0.5) is 17.6 Å². The van der Waals surface area contributed by atoms with Crippen LogP contribution in [0.5, 0.6) is 0 Å². The third kappa shape index (κ3) is 7.09. The molecular formula is C14H15F4NO2. The summed E-state index contributed by atoms with van der Waals surface area (Å²) in [5.74, 6) is 4.22. The van der Waals surface area contributed by atoms with Crippen molar-refractivity contribution in [1.82, 2.24) is 4.90 Å². The summed E-state index contributed by atoms with van der Waals surface area (Å²) in [6.45, 7) is -2.35. The number of halogens is 4. The molecule has 0 fully saturated rings. The largest absolute Gasteiger partial charge is 0.401 e. The number of alkyl halides is 3. The van der Waals surface area contributed by atoms with E-state index >= 15 is 0 Å². The predicted molar refractivity (Wildman–Crippen MR) is 68.8 cm³/mol. The van der Waals surface area contributed by atoms with Gasteiger partial charge in [0.05, 0.1) is 13.2 Å². The summed E-state index contributed by atoms with van der Waals surface area (Å²) >= 11 is 0. The van der Waals surface area contributed by atoms with Crippen LogP contribution >= 0.6 is 0 Å². The molecule has 1 aromatic rings. The molecule has 0 aromatic heterocycles. The summed E-state index contributed by atoms with van der Waals surface area (Å²) in [5, 5.41) is 17.4. The highest BCUT2D eigenvalue weighted by Gasteiger charge is 2.30. The highest BCUT2D eigenvalue weighted by Crippen LogP contribution is 2.18. The Labute approximate surface area is 119 Å². The molecule has 116 valence electrons. The standard InChI is InChI=1S/C14H15F4NO2/c15-13-7-11(2-1-4-20)6-12(8-13)9-19(3-5-21)10-14(16,17)18/h6-8,20-21H,3-5,9-10H2. The zero-order valence-corrected chi connectivity index (χ0v) is 11.1. The highest BCUT2D eigenvalue weighted by molar-refractivity contribution is 5.37. The molecule has 21 heavy (non-hydrogen) atoms. The molecule has 1 aromatic carbocycles. The second-order valence-electron chi connectivity index (χ2n) is 4.36. The van der Waals surface area contributed by atoms with Crippen LogP contribution in [0.1, 0.15) is 11.1 Å². The van der Waals surface area contributed by atoms with Crippen molar-refractivity contribution in [3.8, 4) is 11.8 Å². The van der Waals surface area contributed by atoms with E-state index in [1.54, 1.807) is 0 Å². The van der Waals surface area contributed by atoms with Gasteiger partial charge in [-0.05, 0) is 23.8 Å². The van der Waals surface area contributed by atoms with Gasteiger partial charge in [0.2, 0.25) is 0 Å². The summed E-state index contributed by atoms with van der Waals surface area (Å²) in [6.07, 6.45) is -4.40. The van der Waals surface area contributed by atoms with E-state index in [1.165, 1.54) is 6.07 Å². The molecule has 0 aliphatic rings. The Hall–Kier alpha value is -1.62. The van der Waals surface area contributed by atoms with E-state index in [0.717, 1.165) is 17.0 Å². The van der Waals surface area contributed by atoms with Crippen molar-refractivity contribution in [2.75, 3.05) is 26.3 Å². The van der Waals surface area contributed by atoms with Gasteiger partial charge in [0.15, 0.2) is 0 Å². The monoisotopic (exact) mass is 305 g/mol. The molecule has 0 spiro atoms. The lowest BCUT2D eigenvalue weighted by Crippen LogP contribution is -2.35. The molecule has 0 aliphatic carbocycles.